The van der Waals surface area contributed by atoms with E-state index >= 15 is 0 Å². The van der Waals surface area contributed by atoms with Crippen LogP contribution in [0.15, 0.2) is 42.4 Å². The van der Waals surface area contributed by atoms with Crippen LogP contribution >= 0.6 is 0 Å². The minimum absolute atomic E-state index is 0.430. The van der Waals surface area contributed by atoms with Gasteiger partial charge in [-0.05, 0) is 37.8 Å². The molecule has 0 saturated carbocycles. The van der Waals surface area contributed by atoms with Crippen molar-refractivity contribution in [2.75, 3.05) is 19.6 Å². The third-order valence-electron chi connectivity index (χ3n) is 3.48. The average molecular weight is 320 g/mol. The smallest absolute Gasteiger partial charge is 0.274 e. The van der Waals surface area contributed by atoms with E-state index in [1.54, 1.807) is 0 Å². The first kappa shape index (κ1) is 19.0. The van der Waals surface area contributed by atoms with Gasteiger partial charge in [-0.2, -0.15) is 0 Å². The number of nitrogens with one attached hydrogen (secondary N) is 2. The predicted octanol–water partition coefficient (Wildman–Crippen LogP) is 2.39. The Morgan fingerprint density at radius 1 is 1.04 bits per heavy atom. The molecule has 128 valence electrons. The molecule has 1 rings (SSSR count). The highest BCUT2D eigenvalue weighted by Gasteiger charge is 2.02. The van der Waals surface area contributed by atoms with Crippen LogP contribution in [0.25, 0.3) is 0 Å². The molecule has 0 radical (unpaired) electrons. The van der Waals surface area contributed by atoms with E-state index in [2.05, 4.69) is 22.8 Å². The minimum atomic E-state index is -0.430. The average Bonchev–Trinajstić information content (AvgIpc) is 2.55. The van der Waals surface area contributed by atoms with Crippen molar-refractivity contribution < 1.29 is 4.92 Å². The van der Waals surface area contributed by atoms with E-state index in [0.717, 1.165) is 57.8 Å². The number of hydrogen-bond acceptors (Lipinski definition) is 5. The van der Waals surface area contributed by atoms with Crippen molar-refractivity contribution in [3.8, 4) is 0 Å². The number of rotatable bonds is 13. The second-order valence-electron chi connectivity index (χ2n) is 5.47. The molecule has 1 aromatic rings. The summed E-state index contributed by atoms with van der Waals surface area (Å²) in [6.07, 6.45) is 7.11. The molecule has 0 atom stereocenters. The monoisotopic (exact) mass is 320 g/mol. The van der Waals surface area contributed by atoms with Gasteiger partial charge in [-0.3, -0.25) is 10.1 Å². The topological polar surface area (TPSA) is 93.2 Å². The Morgan fingerprint density at radius 2 is 1.70 bits per heavy atom. The van der Waals surface area contributed by atoms with Gasteiger partial charge in [0.1, 0.15) is 0 Å². The molecule has 4 N–H and O–H groups in total. The van der Waals surface area contributed by atoms with Crippen LogP contribution in [0.4, 0.5) is 0 Å². The van der Waals surface area contributed by atoms with Crippen molar-refractivity contribution in [3.05, 3.63) is 58.0 Å². The van der Waals surface area contributed by atoms with Gasteiger partial charge in [0.15, 0.2) is 5.82 Å². The van der Waals surface area contributed by atoms with E-state index in [1.807, 2.05) is 18.2 Å². The van der Waals surface area contributed by atoms with Crippen molar-refractivity contribution >= 4 is 0 Å². The molecule has 0 aliphatic carbocycles. The van der Waals surface area contributed by atoms with Gasteiger partial charge >= 0.3 is 0 Å². The lowest BCUT2D eigenvalue weighted by molar-refractivity contribution is -0.404. The lowest BCUT2D eigenvalue weighted by Gasteiger charge is -2.11. The Labute approximate surface area is 138 Å². The maximum atomic E-state index is 10.7. The van der Waals surface area contributed by atoms with Crippen molar-refractivity contribution in [2.45, 2.75) is 38.5 Å². The Hall–Kier alpha value is -2.08. The predicted molar refractivity (Wildman–Crippen MR) is 93.4 cm³/mol. The van der Waals surface area contributed by atoms with Crippen LogP contribution < -0.4 is 16.4 Å². The van der Waals surface area contributed by atoms with Crippen molar-refractivity contribution in [1.82, 2.24) is 10.6 Å². The molecule has 0 bridgehead atoms. The Bertz CT molecular complexity index is 463. The quantitative estimate of drug-likeness (QED) is 0.295. The molecular weight excluding hydrogens is 292 g/mol. The van der Waals surface area contributed by atoms with E-state index in [9.17, 15) is 10.1 Å². The summed E-state index contributed by atoms with van der Waals surface area (Å²) in [5.74, 6) is 0.488. The van der Waals surface area contributed by atoms with Gasteiger partial charge in [0, 0.05) is 13.1 Å². The molecule has 0 spiro atoms. The number of aryl methyl sites for hydroxylation is 1. The van der Waals surface area contributed by atoms with Crippen LogP contribution in [0.5, 0.6) is 0 Å². The molecule has 0 fully saturated rings. The first-order valence-corrected chi connectivity index (χ1v) is 8.29. The highest BCUT2D eigenvalue weighted by atomic mass is 16.6. The fraction of sp³-hybridized carbons (Fsp3) is 0.529. The molecule has 0 aromatic heterocycles. The number of benzene rings is 1. The summed E-state index contributed by atoms with van der Waals surface area (Å²) in [5, 5.41) is 16.9. The number of nitrogens with two attached hydrogens (primary N) is 1. The summed E-state index contributed by atoms with van der Waals surface area (Å²) >= 11 is 0. The van der Waals surface area contributed by atoms with E-state index in [0.29, 0.717) is 12.4 Å². The normalized spacial score (nSPS) is 11.3. The maximum Gasteiger partial charge on any atom is 0.274 e. The van der Waals surface area contributed by atoms with Crippen LogP contribution in [0.1, 0.15) is 37.7 Å². The molecule has 23 heavy (non-hydrogen) atoms. The highest BCUT2D eigenvalue weighted by Crippen LogP contribution is 2.02. The maximum absolute atomic E-state index is 10.7. The van der Waals surface area contributed by atoms with E-state index in [4.69, 9.17) is 5.73 Å². The Morgan fingerprint density at radius 3 is 2.35 bits per heavy atom. The summed E-state index contributed by atoms with van der Waals surface area (Å²) in [5.41, 5.74) is 6.73. The highest BCUT2D eigenvalue weighted by molar-refractivity contribution is 5.14. The number of nitro groups is 1. The van der Waals surface area contributed by atoms with Crippen molar-refractivity contribution in [2.24, 2.45) is 5.73 Å². The van der Waals surface area contributed by atoms with Crippen LogP contribution in [0.3, 0.4) is 0 Å². The van der Waals surface area contributed by atoms with Gasteiger partial charge in [-0.15, -0.1) is 0 Å². The number of unbranched alkanes of at least 4 members (excludes halogenated alkanes) is 3. The summed E-state index contributed by atoms with van der Waals surface area (Å²) in [7, 11) is 0. The van der Waals surface area contributed by atoms with Crippen LogP contribution in [0.2, 0.25) is 0 Å². The second-order valence-corrected chi connectivity index (χ2v) is 5.47. The zero-order chi connectivity index (χ0) is 16.8. The van der Waals surface area contributed by atoms with E-state index in [-0.39, 0.29) is 0 Å². The van der Waals surface area contributed by atoms with Gasteiger partial charge in [-0.25, -0.2) is 0 Å². The van der Waals surface area contributed by atoms with Gasteiger partial charge in [0.2, 0.25) is 0 Å². The summed E-state index contributed by atoms with van der Waals surface area (Å²) in [6, 6.07) is 10.2. The minimum Gasteiger partial charge on any atom is -0.367 e. The first-order chi connectivity index (χ1) is 11.2. The van der Waals surface area contributed by atoms with Gasteiger partial charge < -0.3 is 16.4 Å². The molecule has 0 heterocycles. The Kier molecular flexibility index (Phi) is 10.3. The van der Waals surface area contributed by atoms with E-state index in [1.165, 1.54) is 5.56 Å². The third kappa shape index (κ3) is 10.3. The molecule has 0 aliphatic rings. The largest absolute Gasteiger partial charge is 0.367 e. The Balaban J connectivity index is 2.22. The van der Waals surface area contributed by atoms with Crippen LogP contribution in [0, 0.1) is 10.1 Å². The molecule has 0 unspecified atom stereocenters. The standard InChI is InChI=1S/C17H28N4O2/c18-12-6-1-2-7-13-19-17(15-21(22)23)20-14-8-11-16-9-4-3-5-10-16/h3-5,9-10,15,19-20H,1-2,6-8,11-14,18H2. The van der Waals surface area contributed by atoms with Crippen molar-refractivity contribution in [3.63, 3.8) is 0 Å². The molecule has 6 nitrogen and oxygen atoms in total. The zero-order valence-corrected chi connectivity index (χ0v) is 13.7. The summed E-state index contributed by atoms with van der Waals surface area (Å²) < 4.78 is 0. The van der Waals surface area contributed by atoms with Gasteiger partial charge in [0.25, 0.3) is 6.20 Å². The third-order valence-corrected chi connectivity index (χ3v) is 3.48. The molecule has 0 saturated heterocycles. The fourth-order valence-corrected chi connectivity index (χ4v) is 2.27. The molecular formula is C17H28N4O2. The molecule has 0 aliphatic heterocycles. The van der Waals surface area contributed by atoms with Crippen LogP contribution in [-0.4, -0.2) is 24.6 Å². The first-order valence-electron chi connectivity index (χ1n) is 8.29. The molecule has 6 heteroatoms. The lowest BCUT2D eigenvalue weighted by Crippen LogP contribution is -2.29. The van der Waals surface area contributed by atoms with E-state index < -0.39 is 4.92 Å². The summed E-state index contributed by atoms with van der Waals surface area (Å²) in [4.78, 5) is 10.2. The second kappa shape index (κ2) is 12.5. The van der Waals surface area contributed by atoms with Crippen molar-refractivity contribution in [1.29, 1.82) is 0 Å². The SMILES string of the molecule is NCCCCCCNC(=C[N+](=O)[O-])NCCCc1ccccc1. The fourth-order valence-electron chi connectivity index (χ4n) is 2.27. The number of hydrogen-bond donors (Lipinski definition) is 3. The van der Waals surface area contributed by atoms with Gasteiger partial charge in [-0.1, -0.05) is 43.2 Å². The zero-order valence-electron chi connectivity index (χ0n) is 13.7. The summed E-state index contributed by atoms with van der Waals surface area (Å²) in [6.45, 7) is 2.16. The number of nitrogens with zero attached hydrogens (tertiary/aromatic N) is 1. The van der Waals surface area contributed by atoms with Gasteiger partial charge in [0.05, 0.1) is 4.92 Å². The molecule has 0 amide bonds. The lowest BCUT2D eigenvalue weighted by atomic mass is 10.1. The molecule has 1 aromatic carbocycles. The van der Waals surface area contributed by atoms with Crippen LogP contribution in [-0.2, 0) is 6.42 Å².